The van der Waals surface area contributed by atoms with Gasteiger partial charge in [-0.2, -0.15) is 10.2 Å². The van der Waals surface area contributed by atoms with E-state index in [1.807, 2.05) is 83.1 Å². The molecule has 4 heterocycles. The molecule has 0 amide bonds. The largest absolute Gasteiger partial charge is 0.340 e. The summed E-state index contributed by atoms with van der Waals surface area (Å²) in [5.74, 6) is 0.641. The van der Waals surface area contributed by atoms with Crippen LogP contribution in [0.1, 0.15) is 75.3 Å². The number of aryl methyl sites for hydroxylation is 2. The van der Waals surface area contributed by atoms with Gasteiger partial charge in [-0.05, 0) is 97.5 Å². The smallest absolute Gasteiger partial charge is 0.152 e. The highest BCUT2D eigenvalue weighted by atomic mass is 32.2. The molecule has 2 saturated heterocycles. The van der Waals surface area contributed by atoms with E-state index in [9.17, 15) is 16.8 Å². The van der Waals surface area contributed by atoms with Crippen LogP contribution in [0, 0.1) is 0 Å². The molecule has 0 bridgehead atoms. The zero-order chi connectivity index (χ0) is 46.5. The van der Waals surface area contributed by atoms with Crippen molar-refractivity contribution in [2.24, 2.45) is 10.2 Å². The lowest BCUT2D eigenvalue weighted by Gasteiger charge is -2.25. The number of nitrogens with zero attached hydrogens (tertiary/aromatic N) is 6. The minimum Gasteiger partial charge on any atom is -0.340 e. The van der Waals surface area contributed by atoms with Crippen molar-refractivity contribution in [1.82, 2.24) is 9.13 Å². The first-order valence-electron chi connectivity index (χ1n) is 24.4. The Morgan fingerprint density at radius 2 is 0.809 bits per heavy atom. The van der Waals surface area contributed by atoms with Crippen LogP contribution in [0.4, 0.5) is 11.4 Å². The van der Waals surface area contributed by atoms with Gasteiger partial charge in [-0.15, -0.1) is 0 Å². The predicted octanol–water partition coefficient (Wildman–Crippen LogP) is 11.8. The predicted molar refractivity (Wildman–Crippen MR) is 283 cm³/mol. The Labute approximate surface area is 400 Å². The van der Waals surface area contributed by atoms with Gasteiger partial charge in [0, 0.05) is 56.7 Å². The van der Waals surface area contributed by atoms with Crippen molar-refractivity contribution < 1.29 is 16.8 Å². The van der Waals surface area contributed by atoms with Crippen LogP contribution in [-0.4, -0.2) is 73.5 Å². The van der Waals surface area contributed by atoms with Gasteiger partial charge in [0.15, 0.2) is 19.7 Å². The number of benzene rings is 6. The third-order valence-electron chi connectivity index (χ3n) is 13.9. The van der Waals surface area contributed by atoms with E-state index < -0.39 is 19.7 Å². The average molecular weight is 945 g/mol. The Balaban J connectivity index is 0.720. The fourth-order valence-electron chi connectivity index (χ4n) is 10.5. The molecule has 10 rings (SSSR count). The van der Waals surface area contributed by atoms with Gasteiger partial charge in [0.1, 0.15) is 0 Å². The number of hydrogen-bond acceptors (Lipinski definition) is 8. The number of rotatable bonds is 19. The van der Waals surface area contributed by atoms with Gasteiger partial charge in [0.2, 0.25) is 0 Å². The van der Waals surface area contributed by atoms with Gasteiger partial charge in [-0.25, -0.2) is 16.8 Å². The lowest BCUT2D eigenvalue weighted by Crippen LogP contribution is -2.31. The second-order valence-electron chi connectivity index (χ2n) is 18.7. The molecular formula is C56H60N6O4S2. The molecule has 0 N–H and O–H groups in total. The summed E-state index contributed by atoms with van der Waals surface area (Å²) in [5.41, 5.74) is 8.74. The highest BCUT2D eigenvalue weighted by Gasteiger charge is 2.34. The van der Waals surface area contributed by atoms with Crippen molar-refractivity contribution in [3.05, 3.63) is 157 Å². The van der Waals surface area contributed by atoms with Crippen LogP contribution in [0.3, 0.4) is 0 Å². The Kier molecular flexibility index (Phi) is 13.5. The number of fused-ring (bicyclic) bond motifs is 6. The van der Waals surface area contributed by atoms with Crippen LogP contribution in [0.25, 0.3) is 43.6 Å². The molecule has 12 heteroatoms. The number of hydrazone groups is 2. The van der Waals surface area contributed by atoms with Crippen LogP contribution in [-0.2, 0) is 32.8 Å². The normalized spacial score (nSPS) is 18.0. The lowest BCUT2D eigenvalue weighted by atomic mass is 10.1. The maximum atomic E-state index is 12.4. The summed E-state index contributed by atoms with van der Waals surface area (Å²) >= 11 is 0. The minimum atomic E-state index is -3.06. The third kappa shape index (κ3) is 10.1. The minimum absolute atomic E-state index is 0.120. The first kappa shape index (κ1) is 45.5. The molecule has 2 unspecified atom stereocenters. The molecule has 2 atom stereocenters. The monoisotopic (exact) mass is 944 g/mol. The van der Waals surface area contributed by atoms with Gasteiger partial charge in [0.25, 0.3) is 0 Å². The van der Waals surface area contributed by atoms with E-state index in [1.54, 1.807) is 0 Å². The molecule has 0 spiro atoms. The van der Waals surface area contributed by atoms with Crippen LogP contribution >= 0.6 is 0 Å². The number of hydrogen-bond donors (Lipinski definition) is 0. The van der Waals surface area contributed by atoms with Crippen LogP contribution < -0.4 is 10.0 Å². The van der Waals surface area contributed by atoms with E-state index >= 15 is 0 Å². The molecule has 2 fully saturated rings. The third-order valence-corrected chi connectivity index (χ3v) is 17.4. The summed E-state index contributed by atoms with van der Waals surface area (Å²) < 4.78 is 54.5. The summed E-state index contributed by atoms with van der Waals surface area (Å²) in [6.07, 6.45) is 14.5. The number of aromatic nitrogens is 2. The molecule has 2 aromatic heterocycles. The zero-order valence-electron chi connectivity index (χ0n) is 38.6. The van der Waals surface area contributed by atoms with E-state index in [-0.39, 0.29) is 35.1 Å². The van der Waals surface area contributed by atoms with E-state index in [1.165, 1.54) is 82.1 Å². The van der Waals surface area contributed by atoms with Crippen molar-refractivity contribution in [2.45, 2.75) is 89.4 Å². The SMILES string of the molecule is O=S1(=O)CCC(N(N=Cc2ccc3c(c2)c2ccccc2n3CCCCCCCCCCn2c3ccccc3c3cc(C=NN(c4ccccc4)C4CCS(=O)(=O)C4)ccc32)c2ccccc2)C1. The molecule has 68 heavy (non-hydrogen) atoms. The molecule has 0 aliphatic carbocycles. The fourth-order valence-corrected chi connectivity index (χ4v) is 13.9. The van der Waals surface area contributed by atoms with Crippen molar-refractivity contribution in [3.63, 3.8) is 0 Å². The fraction of sp³-hybridized carbons (Fsp3) is 0.321. The molecule has 6 aromatic carbocycles. The molecule has 8 aromatic rings. The first-order chi connectivity index (χ1) is 33.2. The summed E-state index contributed by atoms with van der Waals surface area (Å²) in [7, 11) is -6.12. The molecule has 2 aliphatic heterocycles. The van der Waals surface area contributed by atoms with Crippen LogP contribution in [0.2, 0.25) is 0 Å². The van der Waals surface area contributed by atoms with Gasteiger partial charge in [-0.3, -0.25) is 10.0 Å². The molecule has 0 radical (unpaired) electrons. The molecule has 10 nitrogen and oxygen atoms in total. The highest BCUT2D eigenvalue weighted by molar-refractivity contribution is 7.92. The van der Waals surface area contributed by atoms with Crippen molar-refractivity contribution in [1.29, 1.82) is 0 Å². The maximum absolute atomic E-state index is 12.4. The Bertz CT molecular complexity index is 3100. The second-order valence-corrected chi connectivity index (χ2v) is 23.1. The zero-order valence-corrected chi connectivity index (χ0v) is 40.2. The second kappa shape index (κ2) is 20.2. The Hall–Kier alpha value is -6.24. The Morgan fingerprint density at radius 1 is 0.441 bits per heavy atom. The molecule has 0 saturated carbocycles. The lowest BCUT2D eigenvalue weighted by molar-refractivity contribution is 0.536. The van der Waals surface area contributed by atoms with Crippen molar-refractivity contribution in [2.75, 3.05) is 33.0 Å². The summed E-state index contributed by atoms with van der Waals surface area (Å²) in [6, 6.07) is 49.8. The maximum Gasteiger partial charge on any atom is 0.152 e. The number of anilines is 2. The standard InChI is InChI=1S/C56H60N6O4S2/c63-67(64)35-31-47(41-67)61(45-19-9-7-10-20-45)57-39-43-27-29-55-51(37-43)49-23-13-15-25-53(49)59(55)33-17-5-3-1-2-4-6-18-34-60-54-26-16-14-24-50(54)52-38-44(28-30-56(52)60)40-58-62(46-21-11-8-12-22-46)48-32-36-68(65,66)42-48/h7-16,19-30,37-40,47-48H,1-6,17-18,31-36,41-42H2. The summed E-state index contributed by atoms with van der Waals surface area (Å²) in [6.45, 7) is 1.95. The number of sulfone groups is 2. The quantitative estimate of drug-likeness (QED) is 0.0454. The van der Waals surface area contributed by atoms with E-state index in [2.05, 4.69) is 94.1 Å². The summed E-state index contributed by atoms with van der Waals surface area (Å²) in [4.78, 5) is 0. The molecular weight excluding hydrogens is 885 g/mol. The molecule has 2 aliphatic rings. The topological polar surface area (TPSA) is 109 Å². The van der Waals surface area contributed by atoms with Crippen LogP contribution in [0.15, 0.2) is 156 Å². The van der Waals surface area contributed by atoms with Gasteiger partial charge in [-0.1, -0.05) is 123 Å². The molecule has 350 valence electrons. The van der Waals surface area contributed by atoms with Gasteiger partial charge in [0.05, 0.1) is 58.9 Å². The first-order valence-corrected chi connectivity index (χ1v) is 28.0. The van der Waals surface area contributed by atoms with E-state index in [0.29, 0.717) is 12.8 Å². The van der Waals surface area contributed by atoms with E-state index in [0.717, 1.165) is 48.4 Å². The highest BCUT2D eigenvalue weighted by Crippen LogP contribution is 2.33. The van der Waals surface area contributed by atoms with Crippen molar-refractivity contribution >= 4 is 87.1 Å². The number of para-hydroxylation sites is 4. The van der Waals surface area contributed by atoms with Crippen molar-refractivity contribution in [3.8, 4) is 0 Å². The van der Waals surface area contributed by atoms with E-state index in [4.69, 9.17) is 10.2 Å². The van der Waals surface area contributed by atoms with Gasteiger partial charge < -0.3 is 9.13 Å². The van der Waals surface area contributed by atoms with Crippen LogP contribution in [0.5, 0.6) is 0 Å². The van der Waals surface area contributed by atoms with Gasteiger partial charge >= 0.3 is 0 Å². The Morgan fingerprint density at radius 3 is 1.21 bits per heavy atom. The number of unbranched alkanes of at least 4 members (excludes halogenated alkanes) is 7. The summed E-state index contributed by atoms with van der Waals surface area (Å²) in [5, 5.41) is 18.5. The average Bonchev–Trinajstić information content (AvgIpc) is 4.09.